The van der Waals surface area contributed by atoms with Gasteiger partial charge in [-0.2, -0.15) is 0 Å². The van der Waals surface area contributed by atoms with E-state index in [2.05, 4.69) is 0 Å². The van der Waals surface area contributed by atoms with Crippen molar-refractivity contribution in [3.63, 3.8) is 0 Å². The van der Waals surface area contributed by atoms with Crippen LogP contribution in [0.4, 0.5) is 11.4 Å². The van der Waals surface area contributed by atoms with Gasteiger partial charge in [0, 0.05) is 29.0 Å². The Morgan fingerprint density at radius 1 is 1.07 bits per heavy atom. The molecule has 0 aliphatic carbocycles. The van der Waals surface area contributed by atoms with Gasteiger partial charge in [-0.3, -0.25) is 19.3 Å². The molecule has 1 fully saturated rings. The number of esters is 1. The van der Waals surface area contributed by atoms with Crippen LogP contribution in [0.5, 0.6) is 0 Å². The quantitative estimate of drug-likeness (QED) is 0.453. The molecular weight excluding hydrogens is 368 g/mol. The van der Waals surface area contributed by atoms with Gasteiger partial charge in [0.1, 0.15) is 0 Å². The maximum Gasteiger partial charge on any atom is 0.324 e. The molecule has 0 bridgehead atoms. The minimum absolute atomic E-state index is 0.365. The predicted molar refractivity (Wildman–Crippen MR) is 101 cm³/mol. The molecule has 2 aromatic carbocycles. The number of likely N-dealkylation sites (N-methyl/N-ethyl adjacent to an activating group) is 1. The summed E-state index contributed by atoms with van der Waals surface area (Å²) in [6, 6.07) is 13.8. The maximum atomic E-state index is 13.5. The molecule has 4 rings (SSSR count). The Bertz CT molecular complexity index is 1010. The van der Waals surface area contributed by atoms with Crippen molar-refractivity contribution in [2.45, 2.75) is 12.5 Å². The number of ether oxygens (including phenoxy) is 1. The smallest absolute Gasteiger partial charge is 0.324 e. The van der Waals surface area contributed by atoms with Crippen LogP contribution < -0.4 is 9.80 Å². The van der Waals surface area contributed by atoms with Crippen molar-refractivity contribution in [2.24, 2.45) is 5.41 Å². The first kappa shape index (κ1) is 17.5. The number of hydrogen-bond acceptors (Lipinski definition) is 4. The Labute approximate surface area is 161 Å². The summed E-state index contributed by atoms with van der Waals surface area (Å²) in [6.45, 7) is 1.47. The molecule has 2 aliphatic heterocycles. The van der Waals surface area contributed by atoms with Crippen LogP contribution in [0.1, 0.15) is 12.5 Å². The molecule has 2 atom stereocenters. The SMILES string of the molecule is COC(=O)C1(C)C(=O)N(c2cccc(Cl)c2)C12C(=O)N(C)c1ccccc12. The lowest BCUT2D eigenvalue weighted by Crippen LogP contribution is -2.80. The highest BCUT2D eigenvalue weighted by Gasteiger charge is 2.81. The lowest BCUT2D eigenvalue weighted by molar-refractivity contribution is -0.175. The number of β-lactam (4-membered cyclic amide) rings is 1. The first-order valence-electron chi connectivity index (χ1n) is 8.38. The molecule has 0 saturated carbocycles. The van der Waals surface area contributed by atoms with E-state index in [1.165, 1.54) is 23.8 Å². The average Bonchev–Trinajstić information content (AvgIpc) is 2.91. The van der Waals surface area contributed by atoms with Gasteiger partial charge in [0.25, 0.3) is 5.91 Å². The van der Waals surface area contributed by atoms with E-state index in [-0.39, 0.29) is 5.91 Å². The Balaban J connectivity index is 2.05. The highest BCUT2D eigenvalue weighted by Crippen LogP contribution is 2.62. The van der Waals surface area contributed by atoms with Crippen LogP contribution in [0.3, 0.4) is 0 Å². The van der Waals surface area contributed by atoms with Gasteiger partial charge in [-0.25, -0.2) is 0 Å². The van der Waals surface area contributed by atoms with Crippen molar-refractivity contribution in [3.05, 3.63) is 59.1 Å². The second-order valence-electron chi connectivity index (χ2n) is 6.83. The molecule has 0 radical (unpaired) electrons. The van der Waals surface area contributed by atoms with Gasteiger partial charge in [0.05, 0.1) is 7.11 Å². The number of rotatable bonds is 2. The second kappa shape index (κ2) is 5.57. The van der Waals surface area contributed by atoms with Gasteiger partial charge < -0.3 is 9.64 Å². The third-order valence-corrected chi connectivity index (χ3v) is 5.85. The van der Waals surface area contributed by atoms with Crippen molar-refractivity contribution in [1.82, 2.24) is 0 Å². The summed E-state index contributed by atoms with van der Waals surface area (Å²) in [4.78, 5) is 42.3. The fourth-order valence-corrected chi connectivity index (χ4v) is 4.49. The first-order valence-corrected chi connectivity index (χ1v) is 8.76. The predicted octanol–water partition coefficient (Wildman–Crippen LogP) is 2.74. The normalized spacial score (nSPS) is 26.2. The Kier molecular flexibility index (Phi) is 3.62. The minimum Gasteiger partial charge on any atom is -0.468 e. The first-order chi connectivity index (χ1) is 12.8. The number of benzene rings is 2. The summed E-state index contributed by atoms with van der Waals surface area (Å²) in [5.41, 5.74) is -1.51. The number of hydrogen-bond donors (Lipinski definition) is 0. The summed E-state index contributed by atoms with van der Waals surface area (Å²) in [5, 5.41) is 0.425. The lowest BCUT2D eigenvalue weighted by atomic mass is 9.58. The summed E-state index contributed by atoms with van der Waals surface area (Å²) in [5.74, 6) is -1.62. The standard InChI is InChI=1S/C20H17ClN2O4/c1-19(18(26)27-3)16(24)23(13-8-6-7-12(21)11-13)20(19)14-9-4-5-10-15(14)22(2)17(20)25/h4-11H,1-3H3. The highest BCUT2D eigenvalue weighted by molar-refractivity contribution is 6.32. The van der Waals surface area contributed by atoms with Gasteiger partial charge in [-0.1, -0.05) is 35.9 Å². The number of anilines is 2. The largest absolute Gasteiger partial charge is 0.468 e. The van der Waals surface area contributed by atoms with E-state index in [9.17, 15) is 14.4 Å². The van der Waals surface area contributed by atoms with Crippen molar-refractivity contribution in [1.29, 1.82) is 0 Å². The summed E-state index contributed by atoms with van der Waals surface area (Å²) in [7, 11) is 2.85. The minimum atomic E-state index is -1.68. The van der Waals surface area contributed by atoms with E-state index in [1.54, 1.807) is 55.6 Å². The summed E-state index contributed by atoms with van der Waals surface area (Å²) < 4.78 is 4.94. The summed E-state index contributed by atoms with van der Waals surface area (Å²) >= 11 is 6.11. The number of nitrogens with zero attached hydrogens (tertiary/aromatic N) is 2. The van der Waals surface area contributed by atoms with E-state index in [0.29, 0.717) is 22.0 Å². The molecule has 6 nitrogen and oxygen atoms in total. The van der Waals surface area contributed by atoms with Crippen LogP contribution in [0.15, 0.2) is 48.5 Å². The number of amides is 2. The molecule has 2 aromatic rings. The van der Waals surface area contributed by atoms with Crippen LogP contribution in [0, 0.1) is 5.41 Å². The zero-order chi connectivity index (χ0) is 19.6. The number of carbonyl (C=O) groups excluding carboxylic acids is 3. The topological polar surface area (TPSA) is 66.9 Å². The molecule has 27 heavy (non-hydrogen) atoms. The van der Waals surface area contributed by atoms with E-state index in [4.69, 9.17) is 16.3 Å². The molecular formula is C20H17ClN2O4. The number of methoxy groups -OCH3 is 1. The monoisotopic (exact) mass is 384 g/mol. The number of para-hydroxylation sites is 1. The van der Waals surface area contributed by atoms with Gasteiger partial charge >= 0.3 is 5.97 Å². The molecule has 2 heterocycles. The van der Waals surface area contributed by atoms with Crippen LogP contribution in [-0.2, 0) is 24.7 Å². The fourth-order valence-electron chi connectivity index (χ4n) is 4.31. The Hall–Kier alpha value is -2.86. The second-order valence-corrected chi connectivity index (χ2v) is 7.27. The van der Waals surface area contributed by atoms with Crippen LogP contribution in [0.25, 0.3) is 0 Å². The van der Waals surface area contributed by atoms with Crippen molar-refractivity contribution >= 4 is 40.8 Å². The van der Waals surface area contributed by atoms with Crippen molar-refractivity contribution < 1.29 is 19.1 Å². The van der Waals surface area contributed by atoms with Gasteiger partial charge in [-0.05, 0) is 31.2 Å². The molecule has 7 heteroatoms. The zero-order valence-corrected chi connectivity index (χ0v) is 15.8. The molecule has 2 aliphatic rings. The molecule has 1 spiro atoms. The number of halogens is 1. The molecule has 0 N–H and O–H groups in total. The van der Waals surface area contributed by atoms with E-state index in [1.807, 2.05) is 0 Å². The van der Waals surface area contributed by atoms with Crippen molar-refractivity contribution in [3.8, 4) is 0 Å². The van der Waals surface area contributed by atoms with E-state index in [0.717, 1.165) is 0 Å². The lowest BCUT2D eigenvalue weighted by Gasteiger charge is -2.58. The molecule has 2 unspecified atom stereocenters. The molecule has 0 aromatic heterocycles. The van der Waals surface area contributed by atoms with E-state index < -0.39 is 22.8 Å². The maximum absolute atomic E-state index is 13.5. The average molecular weight is 385 g/mol. The zero-order valence-electron chi connectivity index (χ0n) is 15.0. The number of carbonyl (C=O) groups is 3. The van der Waals surface area contributed by atoms with Gasteiger partial charge in [-0.15, -0.1) is 0 Å². The Morgan fingerprint density at radius 3 is 2.44 bits per heavy atom. The number of fused-ring (bicyclic) bond motifs is 2. The Morgan fingerprint density at radius 2 is 1.78 bits per heavy atom. The molecule has 1 saturated heterocycles. The molecule has 138 valence electrons. The van der Waals surface area contributed by atoms with Crippen LogP contribution in [0.2, 0.25) is 5.02 Å². The summed E-state index contributed by atoms with van der Waals surface area (Å²) in [6.07, 6.45) is 0. The molecule has 2 amide bonds. The van der Waals surface area contributed by atoms with Crippen LogP contribution in [-0.4, -0.2) is 31.9 Å². The third kappa shape index (κ3) is 1.83. The third-order valence-electron chi connectivity index (χ3n) is 5.62. The van der Waals surface area contributed by atoms with Gasteiger partial charge in [0.15, 0.2) is 11.0 Å². The van der Waals surface area contributed by atoms with Crippen LogP contribution >= 0.6 is 11.6 Å². The van der Waals surface area contributed by atoms with Gasteiger partial charge in [0.2, 0.25) is 5.91 Å². The highest BCUT2D eigenvalue weighted by atomic mass is 35.5. The fraction of sp³-hybridized carbons (Fsp3) is 0.250. The van der Waals surface area contributed by atoms with E-state index >= 15 is 0 Å². The van der Waals surface area contributed by atoms with Crippen molar-refractivity contribution in [2.75, 3.05) is 24.0 Å².